The number of rotatable bonds is 16. The second kappa shape index (κ2) is 14.8. The summed E-state index contributed by atoms with van der Waals surface area (Å²) in [5.41, 5.74) is 11.5. The maximum atomic E-state index is 13.3. The van der Waals surface area contributed by atoms with Crippen LogP contribution in [0.3, 0.4) is 0 Å². The van der Waals surface area contributed by atoms with Crippen molar-refractivity contribution in [3.05, 3.63) is 18.2 Å². The lowest BCUT2D eigenvalue weighted by Gasteiger charge is -2.28. The number of nitrogens with one attached hydrogen (secondary N) is 4. The number of aliphatic carboxylic acids is 1. The Morgan fingerprint density at radius 1 is 0.972 bits per heavy atom. The number of aromatic amines is 1. The lowest BCUT2D eigenvalue weighted by molar-refractivity contribution is -0.144. The fraction of sp³-hybridized carbons (Fsp3) is 0.652. The summed E-state index contributed by atoms with van der Waals surface area (Å²) >= 11 is 0. The second-order valence-corrected chi connectivity index (χ2v) is 9.04. The van der Waals surface area contributed by atoms with Crippen molar-refractivity contribution in [3.8, 4) is 0 Å². The van der Waals surface area contributed by atoms with Gasteiger partial charge in [0.2, 0.25) is 23.6 Å². The molecule has 1 rings (SSSR count). The van der Waals surface area contributed by atoms with Crippen LogP contribution >= 0.6 is 0 Å². The van der Waals surface area contributed by atoms with E-state index in [1.165, 1.54) is 12.5 Å². The highest BCUT2D eigenvalue weighted by Gasteiger charge is 2.33. The number of hydrogen-bond acceptors (Lipinski definition) is 7. The standard InChI is InChI=1S/C23H39N7O6/c1-5-12(3)18(29-20(32)15(24)7-8-17(25)31)22(34)28-16(9-14-10-26-11-27-14)21(33)30-19(23(35)36)13(4)6-2/h10-13,15-16,18-19H,5-9,24H2,1-4H3,(H2,25,31)(H,26,27)(H,28,34)(H,29,32)(H,30,33)(H,35,36). The lowest BCUT2D eigenvalue weighted by Crippen LogP contribution is -2.59. The van der Waals surface area contributed by atoms with Gasteiger partial charge in [0.05, 0.1) is 12.4 Å². The molecule has 6 unspecified atom stereocenters. The van der Waals surface area contributed by atoms with Crippen molar-refractivity contribution in [2.75, 3.05) is 0 Å². The number of nitrogens with zero attached hydrogens (tertiary/aromatic N) is 1. The largest absolute Gasteiger partial charge is 0.480 e. The number of carboxylic acids is 1. The molecule has 0 aromatic carbocycles. The number of carbonyl (C=O) groups is 5. The highest BCUT2D eigenvalue weighted by Crippen LogP contribution is 2.12. The molecule has 0 aliphatic carbocycles. The molecule has 1 aromatic rings. The number of carbonyl (C=O) groups excluding carboxylic acids is 4. The maximum Gasteiger partial charge on any atom is 0.326 e. The molecule has 1 heterocycles. The van der Waals surface area contributed by atoms with E-state index in [4.69, 9.17) is 11.5 Å². The minimum atomic E-state index is -1.18. The van der Waals surface area contributed by atoms with E-state index < -0.39 is 53.8 Å². The number of hydrogen-bond donors (Lipinski definition) is 7. The summed E-state index contributed by atoms with van der Waals surface area (Å²) in [6.07, 6.45) is 3.91. The Kier molecular flexibility index (Phi) is 12.6. The van der Waals surface area contributed by atoms with Crippen LogP contribution in [-0.4, -0.2) is 68.8 Å². The number of primary amides is 1. The number of nitrogens with two attached hydrogens (primary N) is 2. The first-order valence-electron chi connectivity index (χ1n) is 12.1. The highest BCUT2D eigenvalue weighted by molar-refractivity contribution is 5.94. The van der Waals surface area contributed by atoms with Gasteiger partial charge in [0.15, 0.2) is 0 Å². The van der Waals surface area contributed by atoms with E-state index >= 15 is 0 Å². The summed E-state index contributed by atoms with van der Waals surface area (Å²) in [5.74, 6) is -4.39. The van der Waals surface area contributed by atoms with Crippen LogP contribution in [0.2, 0.25) is 0 Å². The lowest BCUT2D eigenvalue weighted by atomic mass is 9.96. The van der Waals surface area contributed by atoms with Gasteiger partial charge in [-0.25, -0.2) is 9.78 Å². The van der Waals surface area contributed by atoms with Crippen LogP contribution in [0.1, 0.15) is 59.1 Å². The highest BCUT2D eigenvalue weighted by atomic mass is 16.4. The van der Waals surface area contributed by atoms with E-state index in [1.54, 1.807) is 13.8 Å². The molecule has 0 radical (unpaired) electrons. The quantitative estimate of drug-likeness (QED) is 0.149. The molecule has 1 aromatic heterocycles. The summed E-state index contributed by atoms with van der Waals surface area (Å²) < 4.78 is 0. The zero-order valence-corrected chi connectivity index (χ0v) is 21.2. The fourth-order valence-corrected chi connectivity index (χ4v) is 3.42. The zero-order valence-electron chi connectivity index (χ0n) is 21.2. The predicted molar refractivity (Wildman–Crippen MR) is 131 cm³/mol. The summed E-state index contributed by atoms with van der Waals surface area (Å²) in [5, 5.41) is 17.3. The van der Waals surface area contributed by atoms with Gasteiger partial charge in [-0.15, -0.1) is 0 Å². The Morgan fingerprint density at radius 2 is 1.56 bits per heavy atom. The monoisotopic (exact) mass is 509 g/mol. The van der Waals surface area contributed by atoms with Gasteiger partial charge in [0, 0.05) is 24.7 Å². The van der Waals surface area contributed by atoms with E-state index in [0.29, 0.717) is 18.5 Å². The Bertz CT molecular complexity index is 892. The van der Waals surface area contributed by atoms with Crippen molar-refractivity contribution in [3.63, 3.8) is 0 Å². The molecule has 0 fully saturated rings. The molecule has 13 nitrogen and oxygen atoms in total. The average Bonchev–Trinajstić information content (AvgIpc) is 3.35. The van der Waals surface area contributed by atoms with Gasteiger partial charge in [-0.2, -0.15) is 0 Å². The SMILES string of the molecule is CCC(C)C(NC(=O)C(Cc1cnc[nH]1)NC(=O)C(NC(=O)C(N)CCC(N)=O)C(C)CC)C(=O)O. The Morgan fingerprint density at radius 3 is 2.06 bits per heavy atom. The van der Waals surface area contributed by atoms with Gasteiger partial charge in [-0.05, 0) is 18.3 Å². The first-order chi connectivity index (χ1) is 16.9. The number of carboxylic acid groups (broad SMARTS) is 1. The van der Waals surface area contributed by atoms with Crippen molar-refractivity contribution >= 4 is 29.6 Å². The van der Waals surface area contributed by atoms with Crippen molar-refractivity contribution < 1.29 is 29.1 Å². The van der Waals surface area contributed by atoms with Crippen LogP contribution < -0.4 is 27.4 Å². The van der Waals surface area contributed by atoms with Gasteiger partial charge in [-0.3, -0.25) is 19.2 Å². The van der Waals surface area contributed by atoms with Crippen LogP contribution in [0.4, 0.5) is 0 Å². The van der Waals surface area contributed by atoms with Crippen LogP contribution in [0, 0.1) is 11.8 Å². The van der Waals surface area contributed by atoms with Gasteiger partial charge in [0.1, 0.15) is 18.1 Å². The third kappa shape index (κ3) is 9.64. The van der Waals surface area contributed by atoms with E-state index in [-0.39, 0.29) is 31.1 Å². The summed E-state index contributed by atoms with van der Waals surface area (Å²) in [6, 6.07) is -4.36. The number of imidazole rings is 1. The normalized spacial score (nSPS) is 16.0. The van der Waals surface area contributed by atoms with Crippen LogP contribution in [0.15, 0.2) is 12.5 Å². The molecule has 4 amide bonds. The molecular formula is C23H39N7O6. The molecule has 9 N–H and O–H groups in total. The molecule has 0 saturated carbocycles. The molecule has 0 saturated heterocycles. The van der Waals surface area contributed by atoms with Crippen LogP contribution in [0.5, 0.6) is 0 Å². The fourth-order valence-electron chi connectivity index (χ4n) is 3.42. The molecule has 0 spiro atoms. The molecule has 202 valence electrons. The van der Waals surface area contributed by atoms with Crippen LogP contribution in [0.25, 0.3) is 0 Å². The first kappa shape index (κ1) is 30.6. The molecule has 13 heteroatoms. The van der Waals surface area contributed by atoms with Crippen LogP contribution in [-0.2, 0) is 30.4 Å². The smallest absolute Gasteiger partial charge is 0.326 e. The van der Waals surface area contributed by atoms with Crippen molar-refractivity contribution in [2.45, 2.75) is 84.0 Å². The Hall–Kier alpha value is -3.48. The topological polar surface area (TPSA) is 222 Å². The van der Waals surface area contributed by atoms with E-state index in [1.807, 2.05) is 13.8 Å². The molecule has 0 bridgehead atoms. The van der Waals surface area contributed by atoms with Gasteiger partial charge in [0.25, 0.3) is 0 Å². The third-order valence-corrected chi connectivity index (χ3v) is 6.22. The van der Waals surface area contributed by atoms with E-state index in [2.05, 4.69) is 25.9 Å². The molecular weight excluding hydrogens is 470 g/mol. The molecule has 0 aliphatic heterocycles. The average molecular weight is 510 g/mol. The number of aromatic nitrogens is 2. The van der Waals surface area contributed by atoms with Crippen molar-refractivity contribution in [1.82, 2.24) is 25.9 Å². The molecule has 36 heavy (non-hydrogen) atoms. The van der Waals surface area contributed by atoms with E-state index in [9.17, 15) is 29.1 Å². The Balaban J connectivity index is 3.09. The summed E-state index contributed by atoms with van der Waals surface area (Å²) in [4.78, 5) is 68.4. The maximum absolute atomic E-state index is 13.3. The first-order valence-corrected chi connectivity index (χ1v) is 12.1. The Labute approximate surface area is 210 Å². The van der Waals surface area contributed by atoms with Crippen molar-refractivity contribution in [1.29, 1.82) is 0 Å². The third-order valence-electron chi connectivity index (χ3n) is 6.22. The number of H-pyrrole nitrogens is 1. The summed E-state index contributed by atoms with van der Waals surface area (Å²) in [7, 11) is 0. The minimum Gasteiger partial charge on any atom is -0.480 e. The van der Waals surface area contributed by atoms with Gasteiger partial charge in [-0.1, -0.05) is 40.5 Å². The van der Waals surface area contributed by atoms with Gasteiger partial charge < -0.3 is 37.5 Å². The second-order valence-electron chi connectivity index (χ2n) is 9.04. The number of amides is 4. The molecule has 0 aliphatic rings. The van der Waals surface area contributed by atoms with Gasteiger partial charge >= 0.3 is 5.97 Å². The zero-order chi connectivity index (χ0) is 27.4. The van der Waals surface area contributed by atoms with Crippen molar-refractivity contribution in [2.24, 2.45) is 23.3 Å². The molecule has 6 atom stereocenters. The summed E-state index contributed by atoms with van der Waals surface area (Å²) in [6.45, 7) is 7.11. The predicted octanol–water partition coefficient (Wildman–Crippen LogP) is -0.824. The minimum absolute atomic E-state index is 0.0176. The van der Waals surface area contributed by atoms with E-state index in [0.717, 1.165) is 0 Å².